The first-order chi connectivity index (χ1) is 9.06. The van der Waals surface area contributed by atoms with Gasteiger partial charge in [0.05, 0.1) is 11.3 Å². The first-order valence-corrected chi connectivity index (χ1v) is 7.62. The van der Waals surface area contributed by atoms with E-state index >= 15 is 0 Å². The first-order valence-electron chi connectivity index (χ1n) is 5.05. The molecule has 0 aliphatic carbocycles. The molecular weight excluding hydrogens is 308 g/mol. The molecule has 0 amide bonds. The third-order valence-electron chi connectivity index (χ3n) is 2.02. The van der Waals surface area contributed by atoms with Gasteiger partial charge in [-0.25, -0.2) is 0 Å². The van der Waals surface area contributed by atoms with Crippen LogP contribution in [0.1, 0.15) is 6.42 Å². The third-order valence-corrected chi connectivity index (χ3v) is 5.25. The molecular formula is C10H8N2O4S3. The van der Waals surface area contributed by atoms with Crippen LogP contribution in [0, 0.1) is 0 Å². The molecule has 2 rings (SSSR count). The Bertz CT molecular complexity index is 581. The Labute approximate surface area is 120 Å². The highest BCUT2D eigenvalue weighted by atomic mass is 32.2. The van der Waals surface area contributed by atoms with Gasteiger partial charge in [0.15, 0.2) is 9.35 Å². The van der Waals surface area contributed by atoms with Crippen molar-refractivity contribution in [3.63, 3.8) is 0 Å². The molecule has 2 aromatic heterocycles. The van der Waals surface area contributed by atoms with Crippen molar-refractivity contribution in [2.75, 3.05) is 0 Å². The van der Waals surface area contributed by atoms with E-state index in [-0.39, 0.29) is 0 Å². The van der Waals surface area contributed by atoms with Gasteiger partial charge in [0, 0.05) is 0 Å². The van der Waals surface area contributed by atoms with Crippen LogP contribution in [0.5, 0.6) is 0 Å². The zero-order chi connectivity index (χ0) is 13.8. The van der Waals surface area contributed by atoms with Crippen LogP contribution in [0.2, 0.25) is 0 Å². The summed E-state index contributed by atoms with van der Waals surface area (Å²) in [5, 5.41) is 27.0. The molecule has 2 N–H and O–H groups in total. The van der Waals surface area contributed by atoms with E-state index < -0.39 is 23.6 Å². The summed E-state index contributed by atoms with van der Waals surface area (Å²) in [4.78, 5) is 22.5. The molecule has 0 fully saturated rings. The van der Waals surface area contributed by atoms with Gasteiger partial charge in [-0.05, 0) is 11.4 Å². The lowest BCUT2D eigenvalue weighted by atomic mass is 10.3. The maximum absolute atomic E-state index is 10.9. The van der Waals surface area contributed by atoms with Crippen LogP contribution in [0.3, 0.4) is 0 Å². The number of thiophene rings is 1. The maximum Gasteiger partial charge on any atom is 0.317 e. The van der Waals surface area contributed by atoms with Gasteiger partial charge in [0.1, 0.15) is 5.25 Å². The topological polar surface area (TPSA) is 100 Å². The van der Waals surface area contributed by atoms with E-state index in [4.69, 9.17) is 10.2 Å². The van der Waals surface area contributed by atoms with E-state index in [0.717, 1.165) is 16.6 Å². The van der Waals surface area contributed by atoms with Crippen molar-refractivity contribution < 1.29 is 19.8 Å². The number of aromatic nitrogens is 2. The maximum atomic E-state index is 10.9. The molecule has 0 aliphatic heterocycles. The second-order valence-corrected chi connectivity index (χ2v) is 6.77. The predicted octanol–water partition coefficient (Wildman–Crippen LogP) is 2.29. The highest BCUT2D eigenvalue weighted by Gasteiger charge is 2.24. The van der Waals surface area contributed by atoms with Crippen LogP contribution < -0.4 is 0 Å². The highest BCUT2D eigenvalue weighted by molar-refractivity contribution is 8.02. The van der Waals surface area contributed by atoms with E-state index in [9.17, 15) is 9.59 Å². The Kier molecular flexibility index (Phi) is 4.51. The highest BCUT2D eigenvalue weighted by Crippen LogP contribution is 2.34. The molecule has 9 heteroatoms. The van der Waals surface area contributed by atoms with E-state index in [2.05, 4.69) is 10.2 Å². The van der Waals surface area contributed by atoms with Gasteiger partial charge in [0.2, 0.25) is 0 Å². The van der Waals surface area contributed by atoms with Gasteiger partial charge < -0.3 is 10.2 Å². The van der Waals surface area contributed by atoms with E-state index in [1.54, 1.807) is 0 Å². The van der Waals surface area contributed by atoms with Gasteiger partial charge >= 0.3 is 11.9 Å². The zero-order valence-electron chi connectivity index (χ0n) is 9.35. The number of thioether (sulfide) groups is 1. The predicted molar refractivity (Wildman–Crippen MR) is 72.8 cm³/mol. The molecule has 0 saturated heterocycles. The lowest BCUT2D eigenvalue weighted by Crippen LogP contribution is -2.20. The minimum Gasteiger partial charge on any atom is -0.481 e. The molecule has 0 spiro atoms. The minimum atomic E-state index is -1.17. The number of carbonyl (C=O) groups is 2. The van der Waals surface area contributed by atoms with Gasteiger partial charge in [-0.15, -0.1) is 21.5 Å². The van der Waals surface area contributed by atoms with Crippen LogP contribution in [0.15, 0.2) is 21.9 Å². The van der Waals surface area contributed by atoms with Crippen molar-refractivity contribution in [3.8, 4) is 9.88 Å². The number of carboxylic acids is 2. The monoisotopic (exact) mass is 316 g/mol. The van der Waals surface area contributed by atoms with Gasteiger partial charge in [0.25, 0.3) is 0 Å². The molecule has 0 aromatic carbocycles. The fraction of sp³-hybridized carbons (Fsp3) is 0.200. The van der Waals surface area contributed by atoms with Crippen LogP contribution in [0.25, 0.3) is 9.88 Å². The smallest absolute Gasteiger partial charge is 0.317 e. The first kappa shape index (κ1) is 14.0. The summed E-state index contributed by atoms with van der Waals surface area (Å²) < 4.78 is 0.456. The number of aliphatic carboxylic acids is 2. The van der Waals surface area contributed by atoms with Crippen molar-refractivity contribution in [2.45, 2.75) is 16.0 Å². The molecule has 1 atom stereocenters. The number of hydrogen-bond acceptors (Lipinski definition) is 7. The molecule has 0 aliphatic rings. The summed E-state index contributed by atoms with van der Waals surface area (Å²) in [6, 6.07) is 3.78. The fourth-order valence-electron chi connectivity index (χ4n) is 1.22. The fourth-order valence-corrected chi connectivity index (χ4v) is 4.02. The standard InChI is InChI=1S/C10H8N2O4S3/c13-7(14)4-6(9(15)16)18-10-12-11-8(19-10)5-2-1-3-17-5/h1-3,6H,4H2,(H,13,14)(H,15,16). The Morgan fingerprint density at radius 2 is 2.16 bits per heavy atom. The minimum absolute atomic E-state index is 0.450. The van der Waals surface area contributed by atoms with E-state index in [0.29, 0.717) is 9.35 Å². The molecule has 100 valence electrons. The SMILES string of the molecule is O=C(O)CC(Sc1nnc(-c2cccs2)s1)C(=O)O. The number of rotatable bonds is 6. The lowest BCUT2D eigenvalue weighted by Gasteiger charge is -2.05. The molecule has 19 heavy (non-hydrogen) atoms. The van der Waals surface area contributed by atoms with Crippen molar-refractivity contribution in [2.24, 2.45) is 0 Å². The Hall–Kier alpha value is -1.45. The van der Waals surface area contributed by atoms with Crippen molar-refractivity contribution >= 4 is 46.4 Å². The second-order valence-electron chi connectivity index (χ2n) is 3.39. The summed E-state index contributed by atoms with van der Waals surface area (Å²) in [6.45, 7) is 0. The molecule has 0 radical (unpaired) electrons. The molecule has 1 unspecified atom stereocenters. The lowest BCUT2D eigenvalue weighted by molar-refractivity contribution is -0.142. The number of hydrogen-bond donors (Lipinski definition) is 2. The Morgan fingerprint density at radius 3 is 2.74 bits per heavy atom. The summed E-state index contributed by atoms with van der Waals surface area (Å²) in [7, 11) is 0. The van der Waals surface area contributed by atoms with Crippen LogP contribution in [-0.4, -0.2) is 37.6 Å². The molecule has 6 nitrogen and oxygen atoms in total. The van der Waals surface area contributed by atoms with Gasteiger partial charge in [-0.1, -0.05) is 29.2 Å². The largest absolute Gasteiger partial charge is 0.481 e. The Morgan fingerprint density at radius 1 is 1.37 bits per heavy atom. The van der Waals surface area contributed by atoms with Crippen molar-refractivity contribution in [1.82, 2.24) is 10.2 Å². The van der Waals surface area contributed by atoms with E-state index in [1.165, 1.54) is 22.7 Å². The summed E-state index contributed by atoms with van der Waals surface area (Å²) in [5.41, 5.74) is 0. The van der Waals surface area contributed by atoms with Crippen LogP contribution in [0.4, 0.5) is 0 Å². The molecule has 0 bridgehead atoms. The average molecular weight is 316 g/mol. The molecule has 0 saturated carbocycles. The third kappa shape index (κ3) is 3.75. The van der Waals surface area contributed by atoms with E-state index in [1.807, 2.05) is 17.5 Å². The summed E-state index contributed by atoms with van der Waals surface area (Å²) in [6.07, 6.45) is -0.450. The number of carboxylic acid groups (broad SMARTS) is 2. The summed E-state index contributed by atoms with van der Waals surface area (Å²) >= 11 is 3.68. The quantitative estimate of drug-likeness (QED) is 0.788. The number of nitrogens with zero attached hydrogens (tertiary/aromatic N) is 2. The zero-order valence-corrected chi connectivity index (χ0v) is 11.8. The van der Waals surface area contributed by atoms with Crippen LogP contribution >= 0.6 is 34.4 Å². The van der Waals surface area contributed by atoms with Crippen molar-refractivity contribution in [3.05, 3.63) is 17.5 Å². The average Bonchev–Trinajstić information content (AvgIpc) is 2.97. The Balaban J connectivity index is 2.10. The molecule has 2 aromatic rings. The van der Waals surface area contributed by atoms with Gasteiger partial charge in [-0.3, -0.25) is 9.59 Å². The summed E-state index contributed by atoms with van der Waals surface area (Å²) in [5.74, 6) is -2.32. The van der Waals surface area contributed by atoms with Crippen molar-refractivity contribution in [1.29, 1.82) is 0 Å². The normalized spacial score (nSPS) is 12.2. The molecule has 2 heterocycles. The van der Waals surface area contributed by atoms with Gasteiger partial charge in [-0.2, -0.15) is 0 Å². The van der Waals surface area contributed by atoms with Crippen LogP contribution in [-0.2, 0) is 9.59 Å². The second kappa shape index (κ2) is 6.13.